The van der Waals surface area contributed by atoms with Gasteiger partial charge in [-0.3, -0.25) is 0 Å². The van der Waals surface area contributed by atoms with Crippen LogP contribution in [0.3, 0.4) is 0 Å². The first-order valence-corrected chi connectivity index (χ1v) is 15.6. The maximum atomic E-state index is 13.2. The van der Waals surface area contributed by atoms with Crippen LogP contribution in [0.4, 0.5) is 0 Å². The molecule has 0 bridgehead atoms. The monoisotopic (exact) mass is 550 g/mol. The molecule has 0 saturated carbocycles. The van der Waals surface area contributed by atoms with E-state index < -0.39 is 25.5 Å². The predicted molar refractivity (Wildman–Crippen MR) is 143 cm³/mol. The minimum absolute atomic E-state index is 0.154. The van der Waals surface area contributed by atoms with Gasteiger partial charge in [0.05, 0.1) is 34.2 Å². The summed E-state index contributed by atoms with van der Waals surface area (Å²) in [5.74, 6) is 0. The second kappa shape index (κ2) is 10.4. The van der Waals surface area contributed by atoms with E-state index >= 15 is 0 Å². The Morgan fingerprint density at radius 3 is 1.14 bits per heavy atom. The summed E-state index contributed by atoms with van der Waals surface area (Å²) >= 11 is 0. The molecule has 37 heavy (non-hydrogen) atoms. The van der Waals surface area contributed by atoms with Gasteiger partial charge in [0.2, 0.25) is 20.0 Å². The molecule has 0 radical (unpaired) electrons. The van der Waals surface area contributed by atoms with Gasteiger partial charge in [0.15, 0.2) is 0 Å². The van der Waals surface area contributed by atoms with E-state index in [0.29, 0.717) is 26.2 Å². The quantitative estimate of drug-likeness (QED) is 0.546. The van der Waals surface area contributed by atoms with Gasteiger partial charge < -0.3 is 9.47 Å². The first-order valence-electron chi connectivity index (χ1n) is 12.7. The molecule has 0 aromatic heterocycles. The van der Waals surface area contributed by atoms with Crippen molar-refractivity contribution in [2.24, 2.45) is 0 Å². The first kappa shape index (κ1) is 28.2. The number of hydrogen-bond acceptors (Lipinski definition) is 6. The van der Waals surface area contributed by atoms with Gasteiger partial charge in [-0.1, -0.05) is 38.1 Å². The lowest BCUT2D eigenvalue weighted by molar-refractivity contribution is -0.0442. The number of rotatable bonds is 6. The number of nitrogens with zero attached hydrogens (tertiary/aromatic N) is 2. The molecule has 4 rings (SSSR count). The maximum Gasteiger partial charge on any atom is 0.243 e. The van der Waals surface area contributed by atoms with Crippen molar-refractivity contribution in [3.8, 4) is 0 Å². The molecule has 2 aliphatic heterocycles. The van der Waals surface area contributed by atoms with Crippen LogP contribution in [0, 0.1) is 0 Å². The fraction of sp³-hybridized carbons (Fsp3) is 0.556. The number of sulfonamides is 2. The van der Waals surface area contributed by atoms with Crippen LogP contribution in [0.1, 0.15) is 52.7 Å². The Hall–Kier alpha value is -1.82. The average molecular weight is 551 g/mol. The SMILES string of the molecule is C[C@@H]1CN(S(=O)(=O)c2ccc(C(C)(C)c3ccc(S(=O)(=O)N4C[C@@H](C)O[C@@H](C)C4)cc3)cc2)C[C@H](C)O1. The van der Waals surface area contributed by atoms with E-state index in [1.807, 2.05) is 65.8 Å². The Kier molecular flexibility index (Phi) is 7.92. The summed E-state index contributed by atoms with van der Waals surface area (Å²) in [6.07, 6.45) is -0.616. The van der Waals surface area contributed by atoms with E-state index in [1.54, 1.807) is 24.3 Å². The van der Waals surface area contributed by atoms with Gasteiger partial charge in [-0.15, -0.1) is 0 Å². The zero-order valence-corrected chi connectivity index (χ0v) is 24.1. The predicted octanol–water partition coefficient (Wildman–Crippen LogP) is 3.61. The number of hydrogen-bond donors (Lipinski definition) is 0. The first-order chi connectivity index (χ1) is 17.2. The Morgan fingerprint density at radius 2 is 0.865 bits per heavy atom. The lowest BCUT2D eigenvalue weighted by Crippen LogP contribution is -2.48. The fourth-order valence-corrected chi connectivity index (χ4v) is 8.39. The summed E-state index contributed by atoms with van der Waals surface area (Å²) in [5, 5.41) is 0. The molecule has 2 saturated heterocycles. The highest BCUT2D eigenvalue weighted by Gasteiger charge is 2.34. The van der Waals surface area contributed by atoms with Gasteiger partial charge in [-0.25, -0.2) is 16.8 Å². The molecule has 0 spiro atoms. The molecule has 0 unspecified atom stereocenters. The molecule has 0 N–H and O–H groups in total. The third-order valence-electron chi connectivity index (χ3n) is 7.20. The van der Waals surface area contributed by atoms with Gasteiger partial charge in [0.25, 0.3) is 0 Å². The molecule has 2 aromatic carbocycles. The fourth-order valence-electron chi connectivity index (χ4n) is 5.21. The van der Waals surface area contributed by atoms with E-state index in [2.05, 4.69) is 0 Å². The smallest absolute Gasteiger partial charge is 0.243 e. The molecule has 2 fully saturated rings. The molecule has 2 heterocycles. The number of benzene rings is 2. The second-order valence-electron chi connectivity index (χ2n) is 10.8. The van der Waals surface area contributed by atoms with E-state index in [4.69, 9.17) is 9.47 Å². The van der Waals surface area contributed by atoms with Crippen LogP contribution in [-0.2, 0) is 34.9 Å². The van der Waals surface area contributed by atoms with Crippen molar-refractivity contribution >= 4 is 20.0 Å². The van der Waals surface area contributed by atoms with Crippen molar-refractivity contribution < 1.29 is 26.3 Å². The Morgan fingerprint density at radius 1 is 0.595 bits per heavy atom. The highest BCUT2D eigenvalue weighted by molar-refractivity contribution is 7.89. The lowest BCUT2D eigenvalue weighted by Gasteiger charge is -2.34. The van der Waals surface area contributed by atoms with Crippen molar-refractivity contribution in [1.29, 1.82) is 0 Å². The molecule has 10 heteroatoms. The second-order valence-corrected chi connectivity index (χ2v) is 14.7. The van der Waals surface area contributed by atoms with Crippen LogP contribution in [0.5, 0.6) is 0 Å². The van der Waals surface area contributed by atoms with Crippen LogP contribution in [-0.4, -0.2) is 76.0 Å². The van der Waals surface area contributed by atoms with Crippen molar-refractivity contribution in [3.63, 3.8) is 0 Å². The summed E-state index contributed by atoms with van der Waals surface area (Å²) in [7, 11) is -7.24. The van der Waals surface area contributed by atoms with Crippen LogP contribution >= 0.6 is 0 Å². The van der Waals surface area contributed by atoms with Crippen LogP contribution in [0.2, 0.25) is 0 Å². The largest absolute Gasteiger partial charge is 0.373 e. The molecule has 2 aliphatic rings. The average Bonchev–Trinajstić information content (AvgIpc) is 2.83. The van der Waals surface area contributed by atoms with E-state index in [1.165, 1.54) is 8.61 Å². The van der Waals surface area contributed by atoms with Crippen molar-refractivity contribution in [2.45, 2.75) is 81.2 Å². The van der Waals surface area contributed by atoms with Crippen molar-refractivity contribution in [2.75, 3.05) is 26.2 Å². The Balaban J connectivity index is 1.54. The summed E-state index contributed by atoms with van der Waals surface area (Å²) in [6, 6.07) is 13.9. The topological polar surface area (TPSA) is 93.2 Å². The Labute approximate surface area is 221 Å². The van der Waals surface area contributed by atoms with Gasteiger partial charge in [-0.05, 0) is 63.1 Å². The van der Waals surface area contributed by atoms with Gasteiger partial charge in [-0.2, -0.15) is 8.61 Å². The lowest BCUT2D eigenvalue weighted by atomic mass is 9.78. The number of morpholine rings is 2. The third-order valence-corrected chi connectivity index (χ3v) is 10.9. The van der Waals surface area contributed by atoms with Crippen LogP contribution in [0.25, 0.3) is 0 Å². The summed E-state index contributed by atoms with van der Waals surface area (Å²) in [6.45, 7) is 12.9. The molecular formula is C27H38N2O6S2. The molecule has 0 amide bonds. The van der Waals surface area contributed by atoms with Crippen molar-refractivity contribution in [1.82, 2.24) is 8.61 Å². The third kappa shape index (κ3) is 5.79. The molecule has 4 atom stereocenters. The summed E-state index contributed by atoms with van der Waals surface area (Å²) in [5.41, 5.74) is 1.40. The zero-order valence-electron chi connectivity index (χ0n) is 22.4. The molecular weight excluding hydrogens is 512 g/mol. The standard InChI is InChI=1S/C27H38N2O6S2/c1-19-15-28(16-20(2)34-19)36(30,31)25-11-7-23(8-12-25)27(5,6)24-9-13-26(14-10-24)37(32,33)29-17-21(3)35-22(4)18-29/h7-14,19-22H,15-18H2,1-6H3/t19-,20+,21-,22+. The minimum atomic E-state index is -3.62. The summed E-state index contributed by atoms with van der Waals surface area (Å²) in [4.78, 5) is 0.507. The minimum Gasteiger partial charge on any atom is -0.373 e. The maximum absolute atomic E-state index is 13.2. The normalized spacial score (nSPS) is 26.8. The molecule has 8 nitrogen and oxygen atoms in total. The van der Waals surface area contributed by atoms with Gasteiger partial charge in [0.1, 0.15) is 0 Å². The van der Waals surface area contributed by atoms with E-state index in [9.17, 15) is 16.8 Å². The van der Waals surface area contributed by atoms with Crippen LogP contribution in [0.15, 0.2) is 58.3 Å². The molecule has 2 aromatic rings. The van der Waals surface area contributed by atoms with E-state index in [-0.39, 0.29) is 34.2 Å². The summed E-state index contributed by atoms with van der Waals surface area (Å²) < 4.78 is 67.2. The molecule has 204 valence electrons. The van der Waals surface area contributed by atoms with Gasteiger partial charge in [0, 0.05) is 31.6 Å². The zero-order chi connectivity index (χ0) is 27.2. The Bertz CT molecular complexity index is 1190. The van der Waals surface area contributed by atoms with Crippen LogP contribution < -0.4 is 0 Å². The highest BCUT2D eigenvalue weighted by Crippen LogP contribution is 2.34. The molecule has 0 aliphatic carbocycles. The highest BCUT2D eigenvalue weighted by atomic mass is 32.2. The van der Waals surface area contributed by atoms with Gasteiger partial charge >= 0.3 is 0 Å². The van der Waals surface area contributed by atoms with E-state index in [0.717, 1.165) is 11.1 Å². The number of ether oxygens (including phenoxy) is 2. The van der Waals surface area contributed by atoms with Crippen molar-refractivity contribution in [3.05, 3.63) is 59.7 Å².